The number of phenolic OH excluding ortho intramolecular Hbond substituents is 2. The maximum atomic E-state index is 13.7. The average molecular weight is 613 g/mol. The number of benzene rings is 2. The summed E-state index contributed by atoms with van der Waals surface area (Å²) in [7, 11) is 5.27. The SMILES string of the molecule is CNCCC[C@@H]1NC(=O)[C@@H](NC)Cc2cc(ccc2O)-c2ccc(O)c(c2)C[C@@H](C(=O)NCCC[C@@H](CCO)NC)NC1=O. The van der Waals surface area contributed by atoms with Gasteiger partial charge in [0, 0.05) is 32.0 Å². The molecule has 2 aromatic rings. The van der Waals surface area contributed by atoms with Crippen LogP contribution in [0.5, 0.6) is 11.5 Å². The number of amides is 3. The third kappa shape index (κ3) is 9.91. The summed E-state index contributed by atoms with van der Waals surface area (Å²) in [6.07, 6.45) is 3.14. The molecule has 9 N–H and O–H groups in total. The molecular formula is C32H48N6O6. The number of carbonyl (C=O) groups is 3. The van der Waals surface area contributed by atoms with Crippen LogP contribution in [0.3, 0.4) is 0 Å². The molecular weight excluding hydrogens is 564 g/mol. The molecule has 0 radical (unpaired) electrons. The first kappa shape index (κ1) is 34.8. The Morgan fingerprint density at radius 1 is 0.886 bits per heavy atom. The van der Waals surface area contributed by atoms with E-state index in [1.165, 1.54) is 0 Å². The van der Waals surface area contributed by atoms with E-state index < -0.39 is 35.8 Å². The molecule has 0 aromatic heterocycles. The van der Waals surface area contributed by atoms with E-state index in [4.69, 9.17) is 0 Å². The van der Waals surface area contributed by atoms with Crippen LogP contribution in [-0.4, -0.2) is 98.0 Å². The zero-order chi connectivity index (χ0) is 32.1. The lowest BCUT2D eigenvalue weighted by Crippen LogP contribution is -2.57. The normalized spacial score (nSPS) is 19.7. The highest BCUT2D eigenvalue weighted by atomic mass is 16.3. The maximum absolute atomic E-state index is 13.7. The van der Waals surface area contributed by atoms with Crippen LogP contribution < -0.4 is 31.9 Å². The molecule has 1 heterocycles. The first-order chi connectivity index (χ1) is 21.2. The Labute approximate surface area is 259 Å². The summed E-state index contributed by atoms with van der Waals surface area (Å²) >= 11 is 0. The molecule has 3 rings (SSSR count). The summed E-state index contributed by atoms with van der Waals surface area (Å²) in [5.74, 6) is -1.29. The number of likely N-dealkylation sites (N-methyl/N-ethyl adjacent to an activating group) is 1. The Balaban J connectivity index is 1.96. The third-order valence-corrected chi connectivity index (χ3v) is 8.11. The maximum Gasteiger partial charge on any atom is 0.243 e. The van der Waals surface area contributed by atoms with Crippen molar-refractivity contribution < 1.29 is 29.7 Å². The molecule has 0 unspecified atom stereocenters. The van der Waals surface area contributed by atoms with Crippen molar-refractivity contribution in [3.63, 3.8) is 0 Å². The first-order valence-electron chi connectivity index (χ1n) is 15.3. The number of hydrogen-bond acceptors (Lipinski definition) is 9. The van der Waals surface area contributed by atoms with Crippen LogP contribution in [0.1, 0.15) is 43.2 Å². The molecule has 0 saturated heterocycles. The van der Waals surface area contributed by atoms with E-state index in [9.17, 15) is 29.7 Å². The van der Waals surface area contributed by atoms with E-state index in [1.54, 1.807) is 50.5 Å². The summed E-state index contributed by atoms with van der Waals surface area (Å²) in [6.45, 7) is 1.06. The minimum atomic E-state index is -1.02. The number of aliphatic hydroxyl groups is 1. The molecule has 12 heteroatoms. The summed E-state index contributed by atoms with van der Waals surface area (Å²) in [6, 6.07) is 7.64. The monoisotopic (exact) mass is 612 g/mol. The number of hydrogen-bond donors (Lipinski definition) is 9. The molecule has 2 aromatic carbocycles. The molecule has 242 valence electrons. The zero-order valence-corrected chi connectivity index (χ0v) is 25.9. The van der Waals surface area contributed by atoms with Gasteiger partial charge in [0.2, 0.25) is 17.7 Å². The van der Waals surface area contributed by atoms with Crippen molar-refractivity contribution in [3.8, 4) is 22.6 Å². The smallest absolute Gasteiger partial charge is 0.243 e. The van der Waals surface area contributed by atoms with E-state index in [0.29, 0.717) is 49.9 Å². The first-order valence-corrected chi connectivity index (χ1v) is 15.3. The van der Waals surface area contributed by atoms with Gasteiger partial charge in [0.15, 0.2) is 0 Å². The fourth-order valence-corrected chi connectivity index (χ4v) is 5.40. The van der Waals surface area contributed by atoms with Gasteiger partial charge in [0.1, 0.15) is 23.6 Å². The standard InChI is InChI=1S/C32H48N6O6/c1-33-13-5-7-25-31(43)38-27(30(42)36-14-4-6-24(34-2)12-15-39)19-23-17-21(9-11-29(23)41)20-8-10-28(40)22(16-20)18-26(35-3)32(44)37-25/h8-11,16-17,24-27,33-35,39-41H,4-7,12-15,18-19H2,1-3H3,(H,36,42)(H,37,44)(H,38,43)/t24-,25-,26-,27-/m0/s1. The fourth-order valence-electron chi connectivity index (χ4n) is 5.40. The lowest BCUT2D eigenvalue weighted by molar-refractivity contribution is -0.132. The van der Waals surface area contributed by atoms with Crippen molar-refractivity contribution >= 4 is 17.7 Å². The highest BCUT2D eigenvalue weighted by Crippen LogP contribution is 2.31. The lowest BCUT2D eigenvalue weighted by Gasteiger charge is -2.25. The Morgan fingerprint density at radius 3 is 2.14 bits per heavy atom. The molecule has 44 heavy (non-hydrogen) atoms. The Bertz CT molecular complexity index is 1260. The topological polar surface area (TPSA) is 184 Å². The van der Waals surface area contributed by atoms with Crippen LogP contribution in [0.2, 0.25) is 0 Å². The third-order valence-electron chi connectivity index (χ3n) is 8.11. The number of aliphatic hydroxyl groups excluding tert-OH is 1. The molecule has 4 bridgehead atoms. The van der Waals surface area contributed by atoms with E-state index in [2.05, 4.69) is 31.9 Å². The molecule has 4 atom stereocenters. The van der Waals surface area contributed by atoms with Gasteiger partial charge in [-0.05, 0) is 106 Å². The molecule has 12 nitrogen and oxygen atoms in total. The summed E-state index contributed by atoms with van der Waals surface area (Å²) in [5, 5.41) is 48.4. The predicted molar refractivity (Wildman–Crippen MR) is 169 cm³/mol. The van der Waals surface area contributed by atoms with Crippen molar-refractivity contribution in [2.24, 2.45) is 0 Å². The van der Waals surface area contributed by atoms with Crippen LogP contribution in [-0.2, 0) is 27.2 Å². The summed E-state index contributed by atoms with van der Waals surface area (Å²) < 4.78 is 0. The molecule has 0 aliphatic carbocycles. The van der Waals surface area contributed by atoms with Gasteiger partial charge in [-0.25, -0.2) is 0 Å². The van der Waals surface area contributed by atoms with Crippen molar-refractivity contribution in [2.75, 3.05) is 40.8 Å². The van der Waals surface area contributed by atoms with E-state index in [0.717, 1.165) is 17.5 Å². The van der Waals surface area contributed by atoms with Crippen LogP contribution in [0.15, 0.2) is 36.4 Å². The van der Waals surface area contributed by atoms with Gasteiger partial charge in [0.05, 0.1) is 6.04 Å². The Hall–Kier alpha value is -3.71. The molecule has 1 aliphatic rings. The fraction of sp³-hybridized carbons (Fsp3) is 0.531. The van der Waals surface area contributed by atoms with Crippen LogP contribution in [0.25, 0.3) is 11.1 Å². The summed E-state index contributed by atoms with van der Waals surface area (Å²) in [4.78, 5) is 40.6. The molecule has 0 fully saturated rings. The van der Waals surface area contributed by atoms with E-state index >= 15 is 0 Å². The van der Waals surface area contributed by atoms with E-state index in [-0.39, 0.29) is 37.0 Å². The summed E-state index contributed by atoms with van der Waals surface area (Å²) in [5.41, 5.74) is 2.53. The Kier molecular flexibility index (Phi) is 13.9. The highest BCUT2D eigenvalue weighted by Gasteiger charge is 2.30. The van der Waals surface area contributed by atoms with Crippen LogP contribution in [0.4, 0.5) is 0 Å². The van der Waals surface area contributed by atoms with Crippen molar-refractivity contribution in [2.45, 2.75) is 69.1 Å². The molecule has 0 spiro atoms. The van der Waals surface area contributed by atoms with Crippen molar-refractivity contribution in [1.29, 1.82) is 0 Å². The molecule has 1 aliphatic heterocycles. The minimum absolute atomic E-state index is 0.0147. The van der Waals surface area contributed by atoms with Gasteiger partial charge in [-0.2, -0.15) is 0 Å². The lowest BCUT2D eigenvalue weighted by atomic mass is 9.95. The molecule has 3 amide bonds. The second-order valence-electron chi connectivity index (χ2n) is 11.2. The van der Waals surface area contributed by atoms with Gasteiger partial charge >= 0.3 is 0 Å². The van der Waals surface area contributed by atoms with Gasteiger partial charge in [0.25, 0.3) is 0 Å². The number of phenols is 2. The number of nitrogens with one attached hydrogen (secondary N) is 6. The second kappa shape index (κ2) is 17.6. The van der Waals surface area contributed by atoms with E-state index in [1.807, 2.05) is 7.05 Å². The van der Waals surface area contributed by atoms with Gasteiger partial charge in [-0.15, -0.1) is 0 Å². The van der Waals surface area contributed by atoms with Crippen molar-refractivity contribution in [3.05, 3.63) is 47.5 Å². The number of fused-ring (bicyclic) bond motifs is 5. The Morgan fingerprint density at radius 2 is 1.55 bits per heavy atom. The number of aromatic hydroxyl groups is 2. The van der Waals surface area contributed by atoms with Crippen molar-refractivity contribution in [1.82, 2.24) is 31.9 Å². The zero-order valence-electron chi connectivity index (χ0n) is 25.9. The predicted octanol–water partition coefficient (Wildman–Crippen LogP) is 0.287. The number of carbonyl (C=O) groups excluding carboxylic acids is 3. The van der Waals surface area contributed by atoms with Crippen LogP contribution in [0, 0.1) is 0 Å². The molecule has 0 saturated carbocycles. The minimum Gasteiger partial charge on any atom is -0.508 e. The number of rotatable bonds is 13. The van der Waals surface area contributed by atoms with Gasteiger partial charge in [-0.3, -0.25) is 14.4 Å². The van der Waals surface area contributed by atoms with Gasteiger partial charge in [-0.1, -0.05) is 12.1 Å². The quantitative estimate of drug-likeness (QED) is 0.144. The van der Waals surface area contributed by atoms with Crippen LogP contribution >= 0.6 is 0 Å². The second-order valence-corrected chi connectivity index (χ2v) is 11.2. The average Bonchev–Trinajstić information content (AvgIpc) is 3.01. The largest absolute Gasteiger partial charge is 0.508 e. The highest BCUT2D eigenvalue weighted by molar-refractivity contribution is 5.93. The van der Waals surface area contributed by atoms with Gasteiger partial charge < -0.3 is 47.2 Å².